The van der Waals surface area contributed by atoms with Crippen molar-refractivity contribution in [3.63, 3.8) is 0 Å². The molecular formula is C13H19BrN2O2S. The van der Waals surface area contributed by atoms with Gasteiger partial charge in [0.25, 0.3) is 0 Å². The van der Waals surface area contributed by atoms with Crippen molar-refractivity contribution in [1.29, 1.82) is 0 Å². The van der Waals surface area contributed by atoms with Crippen LogP contribution in [-0.4, -0.2) is 38.6 Å². The van der Waals surface area contributed by atoms with E-state index in [0.717, 1.165) is 23.1 Å². The Hall–Kier alpha value is -0.690. The third-order valence-electron chi connectivity index (χ3n) is 2.27. The minimum Gasteiger partial charge on any atom is -0.382 e. The fourth-order valence-corrected chi connectivity index (χ4v) is 1.98. The minimum absolute atomic E-state index is 0.620. The van der Waals surface area contributed by atoms with Gasteiger partial charge in [-0.1, -0.05) is 22.0 Å². The summed E-state index contributed by atoms with van der Waals surface area (Å²) in [6.07, 6.45) is 0.907. The molecule has 0 radical (unpaired) electrons. The van der Waals surface area contributed by atoms with Gasteiger partial charge in [-0.05, 0) is 36.8 Å². The van der Waals surface area contributed by atoms with Crippen LogP contribution in [0.4, 0.5) is 5.69 Å². The average molecular weight is 347 g/mol. The number of rotatable bonds is 8. The maximum absolute atomic E-state index is 5.35. The highest BCUT2D eigenvalue weighted by molar-refractivity contribution is 9.10. The van der Waals surface area contributed by atoms with Crippen molar-refractivity contribution in [3.05, 3.63) is 28.7 Å². The molecule has 0 saturated carbocycles. The maximum Gasteiger partial charge on any atom is 0.170 e. The standard InChI is InChI=1S/C13H19BrN2O2S/c1-17-8-9-18-7-3-6-15-13(19)16-12-5-2-4-11(14)10-12/h2,4-5,10H,3,6-9H2,1H3,(H2,15,16,19). The van der Waals surface area contributed by atoms with Gasteiger partial charge in [0.15, 0.2) is 5.11 Å². The molecule has 0 unspecified atom stereocenters. The lowest BCUT2D eigenvalue weighted by molar-refractivity contribution is 0.0699. The lowest BCUT2D eigenvalue weighted by Crippen LogP contribution is -2.29. The predicted octanol–water partition coefficient (Wildman–Crippen LogP) is 2.79. The van der Waals surface area contributed by atoms with E-state index in [0.29, 0.717) is 24.9 Å². The summed E-state index contributed by atoms with van der Waals surface area (Å²) in [5.74, 6) is 0. The minimum atomic E-state index is 0.620. The molecule has 2 N–H and O–H groups in total. The smallest absolute Gasteiger partial charge is 0.170 e. The van der Waals surface area contributed by atoms with Gasteiger partial charge in [0.05, 0.1) is 13.2 Å². The van der Waals surface area contributed by atoms with Crippen molar-refractivity contribution in [2.75, 3.05) is 38.8 Å². The number of methoxy groups -OCH3 is 1. The third kappa shape index (κ3) is 8.15. The summed E-state index contributed by atoms with van der Waals surface area (Å²) < 4.78 is 11.3. The van der Waals surface area contributed by atoms with Crippen molar-refractivity contribution in [2.24, 2.45) is 0 Å². The number of thiocarbonyl (C=S) groups is 1. The molecule has 19 heavy (non-hydrogen) atoms. The zero-order valence-corrected chi connectivity index (χ0v) is 13.4. The van der Waals surface area contributed by atoms with Gasteiger partial charge in [-0.2, -0.15) is 0 Å². The molecule has 0 aliphatic carbocycles. The number of benzene rings is 1. The lowest BCUT2D eigenvalue weighted by atomic mass is 10.3. The largest absolute Gasteiger partial charge is 0.382 e. The fourth-order valence-electron chi connectivity index (χ4n) is 1.36. The second-order valence-corrected chi connectivity index (χ2v) is 5.17. The van der Waals surface area contributed by atoms with Crippen LogP contribution < -0.4 is 10.6 Å². The van der Waals surface area contributed by atoms with Gasteiger partial charge in [0.2, 0.25) is 0 Å². The summed E-state index contributed by atoms with van der Waals surface area (Å²) in [5, 5.41) is 6.88. The quantitative estimate of drug-likeness (QED) is 0.559. The SMILES string of the molecule is COCCOCCCNC(=S)Nc1cccc(Br)c1. The maximum atomic E-state index is 5.35. The Morgan fingerprint density at radius 3 is 2.89 bits per heavy atom. The number of nitrogens with one attached hydrogen (secondary N) is 2. The van der Waals surface area contributed by atoms with E-state index in [9.17, 15) is 0 Å². The van der Waals surface area contributed by atoms with Crippen LogP contribution in [-0.2, 0) is 9.47 Å². The van der Waals surface area contributed by atoms with E-state index in [1.165, 1.54) is 0 Å². The second kappa shape index (κ2) is 10.1. The number of anilines is 1. The highest BCUT2D eigenvalue weighted by Gasteiger charge is 1.97. The normalized spacial score (nSPS) is 10.2. The molecule has 1 rings (SSSR count). The first kappa shape index (κ1) is 16.4. The Balaban J connectivity index is 2.08. The zero-order chi connectivity index (χ0) is 13.9. The molecule has 0 aliphatic heterocycles. The second-order valence-electron chi connectivity index (χ2n) is 3.85. The fraction of sp³-hybridized carbons (Fsp3) is 0.462. The van der Waals surface area contributed by atoms with Crippen molar-refractivity contribution in [1.82, 2.24) is 5.32 Å². The first-order chi connectivity index (χ1) is 9.22. The Labute approximate surface area is 128 Å². The molecule has 0 aromatic heterocycles. The molecule has 0 heterocycles. The van der Waals surface area contributed by atoms with Crippen molar-refractivity contribution < 1.29 is 9.47 Å². The molecule has 106 valence electrons. The summed E-state index contributed by atoms with van der Waals surface area (Å²) in [5.41, 5.74) is 0.961. The van der Waals surface area contributed by atoms with Crippen molar-refractivity contribution >= 4 is 38.9 Å². The highest BCUT2D eigenvalue weighted by Crippen LogP contribution is 2.15. The Morgan fingerprint density at radius 2 is 2.16 bits per heavy atom. The van der Waals surface area contributed by atoms with Gasteiger partial charge in [-0.15, -0.1) is 0 Å². The molecule has 0 bridgehead atoms. The Bertz CT molecular complexity index is 391. The molecule has 0 atom stereocenters. The average Bonchev–Trinajstić information content (AvgIpc) is 2.37. The van der Waals surface area contributed by atoms with Gasteiger partial charge < -0.3 is 20.1 Å². The van der Waals surface area contributed by atoms with E-state index in [2.05, 4.69) is 26.6 Å². The first-order valence-corrected chi connectivity index (χ1v) is 7.29. The summed E-state index contributed by atoms with van der Waals surface area (Å²) >= 11 is 8.62. The molecule has 0 fully saturated rings. The van der Waals surface area contributed by atoms with E-state index in [1.807, 2.05) is 24.3 Å². The van der Waals surface area contributed by atoms with Crippen molar-refractivity contribution in [2.45, 2.75) is 6.42 Å². The van der Waals surface area contributed by atoms with Crippen molar-refractivity contribution in [3.8, 4) is 0 Å². The summed E-state index contributed by atoms with van der Waals surface area (Å²) in [6.45, 7) is 2.76. The third-order valence-corrected chi connectivity index (χ3v) is 3.00. The molecule has 0 amide bonds. The van der Waals surface area contributed by atoms with E-state index in [-0.39, 0.29) is 0 Å². The first-order valence-electron chi connectivity index (χ1n) is 6.09. The van der Waals surface area contributed by atoms with Gasteiger partial charge in [-0.25, -0.2) is 0 Å². The van der Waals surface area contributed by atoms with E-state index < -0.39 is 0 Å². The monoisotopic (exact) mass is 346 g/mol. The molecule has 6 heteroatoms. The predicted molar refractivity (Wildman–Crippen MR) is 85.7 cm³/mol. The lowest BCUT2D eigenvalue weighted by Gasteiger charge is -2.10. The number of hydrogen-bond donors (Lipinski definition) is 2. The van der Waals surface area contributed by atoms with Crippen LogP contribution in [0.25, 0.3) is 0 Å². The van der Waals surface area contributed by atoms with Gasteiger partial charge >= 0.3 is 0 Å². The van der Waals surface area contributed by atoms with Crippen LogP contribution in [0.2, 0.25) is 0 Å². The van der Waals surface area contributed by atoms with Crippen LogP contribution in [0.1, 0.15) is 6.42 Å². The molecule has 0 spiro atoms. The molecular weight excluding hydrogens is 328 g/mol. The number of halogens is 1. The van der Waals surface area contributed by atoms with Gasteiger partial charge in [0, 0.05) is 30.4 Å². The zero-order valence-electron chi connectivity index (χ0n) is 10.9. The number of hydrogen-bond acceptors (Lipinski definition) is 3. The van der Waals surface area contributed by atoms with Gasteiger partial charge in [-0.3, -0.25) is 0 Å². The molecule has 1 aromatic carbocycles. The van der Waals surface area contributed by atoms with E-state index in [4.69, 9.17) is 21.7 Å². The van der Waals surface area contributed by atoms with Gasteiger partial charge in [0.1, 0.15) is 0 Å². The summed E-state index contributed by atoms with van der Waals surface area (Å²) in [6, 6.07) is 7.87. The molecule has 4 nitrogen and oxygen atoms in total. The topological polar surface area (TPSA) is 42.5 Å². The van der Waals surface area contributed by atoms with Crippen LogP contribution in [0, 0.1) is 0 Å². The Kier molecular flexibility index (Phi) is 8.73. The number of ether oxygens (including phenoxy) is 2. The van der Waals surface area contributed by atoms with E-state index >= 15 is 0 Å². The molecule has 0 aliphatic rings. The Morgan fingerprint density at radius 1 is 1.32 bits per heavy atom. The van der Waals surface area contributed by atoms with Crippen LogP contribution in [0.5, 0.6) is 0 Å². The summed E-state index contributed by atoms with van der Waals surface area (Å²) in [4.78, 5) is 0. The van der Waals surface area contributed by atoms with Crippen LogP contribution >= 0.6 is 28.1 Å². The molecule has 0 saturated heterocycles. The summed E-state index contributed by atoms with van der Waals surface area (Å²) in [7, 11) is 1.66. The highest BCUT2D eigenvalue weighted by atomic mass is 79.9. The van der Waals surface area contributed by atoms with Crippen LogP contribution in [0.3, 0.4) is 0 Å². The van der Waals surface area contributed by atoms with E-state index in [1.54, 1.807) is 7.11 Å². The molecule has 1 aromatic rings. The van der Waals surface area contributed by atoms with Crippen LogP contribution in [0.15, 0.2) is 28.7 Å².